The summed E-state index contributed by atoms with van der Waals surface area (Å²) in [6.45, 7) is 15.2. The third-order valence-corrected chi connectivity index (χ3v) is 7.88. The number of carbonyl (C=O) groups is 3. The van der Waals surface area contributed by atoms with E-state index in [0.717, 1.165) is 22.2 Å². The van der Waals surface area contributed by atoms with Crippen LogP contribution in [-0.2, 0) is 26.8 Å². The van der Waals surface area contributed by atoms with Gasteiger partial charge in [0.1, 0.15) is 6.04 Å². The van der Waals surface area contributed by atoms with Crippen LogP contribution in [-0.4, -0.2) is 71.6 Å². The first-order valence-corrected chi connectivity index (χ1v) is 13.8. The number of hydrogen-bond acceptors (Lipinski definition) is 5. The van der Waals surface area contributed by atoms with Crippen molar-refractivity contribution >= 4 is 34.4 Å². The van der Waals surface area contributed by atoms with Gasteiger partial charge in [-0.2, -0.15) is 0 Å². The molecule has 0 spiro atoms. The number of aryl methyl sites for hydroxylation is 1. The Labute approximate surface area is 239 Å². The van der Waals surface area contributed by atoms with Crippen molar-refractivity contribution in [2.45, 2.75) is 78.9 Å². The van der Waals surface area contributed by atoms with E-state index in [1.807, 2.05) is 68.6 Å². The Morgan fingerprint density at radius 1 is 1.05 bits per heavy atom. The molecule has 222 valence electrons. The minimum Gasteiger partial charge on any atom is -0.478 e. The topological polar surface area (TPSA) is 116 Å². The quantitative estimate of drug-likeness (QED) is 0.310. The van der Waals surface area contributed by atoms with Crippen molar-refractivity contribution in [3.8, 4) is 0 Å². The molecule has 0 radical (unpaired) electrons. The number of aliphatic carboxylic acids is 1. The normalized spacial score (nSPS) is 15.1. The highest BCUT2D eigenvalue weighted by Crippen LogP contribution is 2.36. The number of fused-ring (bicyclic) bond motifs is 1. The molecule has 1 aromatic heterocycles. The highest BCUT2D eigenvalue weighted by Gasteiger charge is 2.42. The number of anilines is 1. The lowest BCUT2D eigenvalue weighted by molar-refractivity contribution is -0.141. The SMILES string of the molecule is CNc1ccc2c(C(C)(C)[C@H](NC)C(=O)N[C@H](C(=O)N(C)[C@H](/C=C(\C)C(=O)O)C(C)C)C(C)(C)C)cn(C)c2c1. The van der Waals surface area contributed by atoms with Gasteiger partial charge in [0, 0.05) is 49.4 Å². The summed E-state index contributed by atoms with van der Waals surface area (Å²) in [5.74, 6) is -1.61. The van der Waals surface area contributed by atoms with E-state index in [9.17, 15) is 19.5 Å². The monoisotopic (exact) mass is 555 g/mol. The van der Waals surface area contributed by atoms with E-state index in [4.69, 9.17) is 0 Å². The maximum absolute atomic E-state index is 13.9. The van der Waals surface area contributed by atoms with Crippen molar-refractivity contribution in [3.63, 3.8) is 0 Å². The second-order valence-corrected chi connectivity index (χ2v) is 12.7. The summed E-state index contributed by atoms with van der Waals surface area (Å²) in [6, 6.07) is 4.26. The Kier molecular flexibility index (Phi) is 10.2. The van der Waals surface area contributed by atoms with Crippen molar-refractivity contribution in [1.29, 1.82) is 0 Å². The Balaban J connectivity index is 2.46. The van der Waals surface area contributed by atoms with Crippen LogP contribution < -0.4 is 16.0 Å². The summed E-state index contributed by atoms with van der Waals surface area (Å²) >= 11 is 0. The maximum atomic E-state index is 13.9. The van der Waals surface area contributed by atoms with Crippen LogP contribution in [0.15, 0.2) is 36.0 Å². The number of nitrogens with zero attached hydrogens (tertiary/aromatic N) is 2. The number of nitrogens with one attached hydrogen (secondary N) is 3. The first kappa shape index (κ1) is 32.9. The van der Waals surface area contributed by atoms with Gasteiger partial charge in [0.25, 0.3) is 0 Å². The Hall–Kier alpha value is -3.33. The lowest BCUT2D eigenvalue weighted by atomic mass is 9.76. The molecule has 1 aromatic carbocycles. The zero-order valence-corrected chi connectivity index (χ0v) is 26.3. The van der Waals surface area contributed by atoms with Crippen molar-refractivity contribution in [2.24, 2.45) is 18.4 Å². The Bertz CT molecular complexity index is 1270. The number of aromatic nitrogens is 1. The van der Waals surface area contributed by atoms with Gasteiger partial charge in [-0.3, -0.25) is 9.59 Å². The molecule has 0 unspecified atom stereocenters. The van der Waals surface area contributed by atoms with Crippen LogP contribution in [0.4, 0.5) is 5.69 Å². The third kappa shape index (κ3) is 6.86. The van der Waals surface area contributed by atoms with Crippen LogP contribution >= 0.6 is 0 Å². The molecule has 3 atom stereocenters. The van der Waals surface area contributed by atoms with Gasteiger partial charge in [0.05, 0.1) is 17.6 Å². The molecular weight excluding hydrogens is 506 g/mol. The van der Waals surface area contributed by atoms with E-state index in [1.165, 1.54) is 6.92 Å². The van der Waals surface area contributed by atoms with Gasteiger partial charge in [-0.1, -0.05) is 60.6 Å². The van der Waals surface area contributed by atoms with Crippen LogP contribution in [0.5, 0.6) is 0 Å². The van der Waals surface area contributed by atoms with Crippen LogP contribution in [0.1, 0.15) is 61.0 Å². The molecule has 2 amide bonds. The van der Waals surface area contributed by atoms with E-state index in [1.54, 1.807) is 25.1 Å². The molecule has 40 heavy (non-hydrogen) atoms. The number of benzene rings is 1. The number of carbonyl (C=O) groups excluding carboxylic acids is 2. The zero-order valence-electron chi connectivity index (χ0n) is 26.3. The standard InChI is InChI=1S/C31H49N5O4/c1-18(2)23(15-19(3)29(39)40)36(12)28(38)26(30(4,5)6)34-27(37)25(33-10)31(7,8)22-17-35(11)24-16-20(32-9)13-14-21(22)24/h13-18,23,25-26,32-33H,1-12H3,(H,34,37)(H,39,40)/b19-15+/t23-,25-,26-/m1/s1. The molecule has 2 aromatic rings. The maximum Gasteiger partial charge on any atom is 0.331 e. The zero-order chi connectivity index (χ0) is 30.7. The number of rotatable bonds is 11. The van der Waals surface area contributed by atoms with Crippen molar-refractivity contribution < 1.29 is 19.5 Å². The highest BCUT2D eigenvalue weighted by molar-refractivity contribution is 5.93. The lowest BCUT2D eigenvalue weighted by Crippen LogP contribution is -2.61. The van der Waals surface area contributed by atoms with E-state index in [0.29, 0.717) is 0 Å². The largest absolute Gasteiger partial charge is 0.478 e. The van der Waals surface area contributed by atoms with Gasteiger partial charge in [-0.15, -0.1) is 0 Å². The summed E-state index contributed by atoms with van der Waals surface area (Å²) in [7, 11) is 7.29. The molecule has 0 saturated carbocycles. The summed E-state index contributed by atoms with van der Waals surface area (Å²) in [5.41, 5.74) is 2.03. The molecule has 4 N–H and O–H groups in total. The fourth-order valence-electron chi connectivity index (χ4n) is 5.33. The molecule has 0 aliphatic rings. The molecule has 0 aliphatic heterocycles. The molecule has 0 aliphatic carbocycles. The Morgan fingerprint density at radius 2 is 1.65 bits per heavy atom. The molecular formula is C31H49N5O4. The predicted octanol–water partition coefficient (Wildman–Crippen LogP) is 4.13. The van der Waals surface area contributed by atoms with Crippen molar-refractivity contribution in [2.75, 3.05) is 26.5 Å². The molecule has 9 heteroatoms. The lowest BCUT2D eigenvalue weighted by Gasteiger charge is -2.39. The summed E-state index contributed by atoms with van der Waals surface area (Å²) in [4.78, 5) is 40.9. The minimum absolute atomic E-state index is 0.0293. The van der Waals surface area contributed by atoms with Crippen LogP contribution in [0.25, 0.3) is 10.9 Å². The van der Waals surface area contributed by atoms with Gasteiger partial charge >= 0.3 is 5.97 Å². The first-order chi connectivity index (χ1) is 18.4. The smallest absolute Gasteiger partial charge is 0.331 e. The molecule has 0 saturated heterocycles. The second kappa shape index (κ2) is 12.5. The number of carboxylic acid groups (broad SMARTS) is 1. The Morgan fingerprint density at radius 3 is 2.12 bits per heavy atom. The highest BCUT2D eigenvalue weighted by atomic mass is 16.4. The fourth-order valence-corrected chi connectivity index (χ4v) is 5.33. The number of likely N-dealkylation sites (N-methyl/N-ethyl adjacent to an activating group) is 2. The summed E-state index contributed by atoms with van der Waals surface area (Å²) in [5, 5.41) is 19.9. The summed E-state index contributed by atoms with van der Waals surface area (Å²) in [6.07, 6.45) is 3.66. The number of hydrogen-bond donors (Lipinski definition) is 4. The van der Waals surface area contributed by atoms with Gasteiger partial charge in [0.2, 0.25) is 11.8 Å². The van der Waals surface area contributed by atoms with Gasteiger partial charge < -0.3 is 30.5 Å². The van der Waals surface area contributed by atoms with Crippen LogP contribution in [0.3, 0.4) is 0 Å². The minimum atomic E-state index is -1.03. The van der Waals surface area contributed by atoms with Crippen molar-refractivity contribution in [1.82, 2.24) is 20.1 Å². The van der Waals surface area contributed by atoms with E-state index < -0.39 is 34.9 Å². The van der Waals surface area contributed by atoms with Gasteiger partial charge in [-0.25, -0.2) is 4.79 Å². The van der Waals surface area contributed by atoms with E-state index in [2.05, 4.69) is 38.8 Å². The van der Waals surface area contributed by atoms with Crippen molar-refractivity contribution in [3.05, 3.63) is 41.6 Å². The molecule has 9 nitrogen and oxygen atoms in total. The first-order valence-electron chi connectivity index (χ1n) is 13.8. The van der Waals surface area contributed by atoms with Crippen LogP contribution in [0, 0.1) is 11.3 Å². The average molecular weight is 556 g/mol. The molecule has 1 heterocycles. The number of amides is 2. The summed E-state index contributed by atoms with van der Waals surface area (Å²) < 4.78 is 2.06. The fraction of sp³-hybridized carbons (Fsp3) is 0.581. The molecule has 2 rings (SSSR count). The molecule has 0 bridgehead atoms. The number of carboxylic acids is 1. The second-order valence-electron chi connectivity index (χ2n) is 12.7. The van der Waals surface area contributed by atoms with Gasteiger partial charge in [-0.05, 0) is 43.0 Å². The molecule has 0 fully saturated rings. The predicted molar refractivity (Wildman–Crippen MR) is 163 cm³/mol. The van der Waals surface area contributed by atoms with E-state index >= 15 is 0 Å². The third-order valence-electron chi connectivity index (χ3n) is 7.88. The average Bonchev–Trinajstić information content (AvgIpc) is 3.20. The van der Waals surface area contributed by atoms with Crippen LogP contribution in [0.2, 0.25) is 0 Å². The van der Waals surface area contributed by atoms with Gasteiger partial charge in [0.15, 0.2) is 0 Å². The van der Waals surface area contributed by atoms with E-state index in [-0.39, 0.29) is 23.3 Å².